The third-order valence-corrected chi connectivity index (χ3v) is 5.35. The van der Waals surface area contributed by atoms with Crippen LogP contribution in [-0.2, 0) is 13.0 Å². The Morgan fingerprint density at radius 3 is 2.76 bits per heavy atom. The van der Waals surface area contributed by atoms with E-state index in [9.17, 15) is 4.79 Å². The Kier molecular flexibility index (Phi) is 5.40. The first-order valence-electron chi connectivity index (χ1n) is 9.69. The molecule has 0 radical (unpaired) electrons. The third kappa shape index (κ3) is 4.35. The summed E-state index contributed by atoms with van der Waals surface area (Å²) in [6, 6.07) is 11.5. The third-order valence-electron chi connectivity index (χ3n) is 5.14. The van der Waals surface area contributed by atoms with Gasteiger partial charge in [0.05, 0.1) is 0 Å². The number of carbonyl (C=O) groups excluding carboxylic acids is 1. The van der Waals surface area contributed by atoms with Crippen LogP contribution in [0.25, 0.3) is 0 Å². The summed E-state index contributed by atoms with van der Waals surface area (Å²) in [7, 11) is 0. The van der Waals surface area contributed by atoms with Crippen LogP contribution in [0.5, 0.6) is 0 Å². The monoisotopic (exact) mass is 405 g/mol. The number of aromatic nitrogens is 3. The van der Waals surface area contributed by atoms with Gasteiger partial charge in [-0.1, -0.05) is 26.0 Å². The highest BCUT2D eigenvalue weighted by Crippen LogP contribution is 2.23. The number of nitrogens with zero attached hydrogens (tertiary/aromatic N) is 3. The summed E-state index contributed by atoms with van der Waals surface area (Å²) < 4.78 is 0.510. The number of anilines is 2. The maximum Gasteiger partial charge on any atom is 0.255 e. The van der Waals surface area contributed by atoms with Crippen LogP contribution in [0.2, 0.25) is 0 Å². The minimum absolute atomic E-state index is 0.144. The second kappa shape index (κ2) is 8.13. The molecule has 29 heavy (non-hydrogen) atoms. The van der Waals surface area contributed by atoms with Crippen LogP contribution in [0.4, 0.5) is 11.5 Å². The van der Waals surface area contributed by atoms with Gasteiger partial charge in [0.15, 0.2) is 4.77 Å². The Morgan fingerprint density at radius 1 is 1.21 bits per heavy atom. The molecule has 1 aromatic carbocycles. The van der Waals surface area contributed by atoms with Crippen LogP contribution in [0, 0.1) is 4.77 Å². The summed E-state index contributed by atoms with van der Waals surface area (Å²) in [5.74, 6) is 1.10. The summed E-state index contributed by atoms with van der Waals surface area (Å²) in [6.45, 7) is 5.78. The van der Waals surface area contributed by atoms with E-state index in [0.29, 0.717) is 22.8 Å². The topological polar surface area (TPSA) is 73.9 Å². The van der Waals surface area contributed by atoms with Gasteiger partial charge in [0, 0.05) is 54.4 Å². The van der Waals surface area contributed by atoms with E-state index in [2.05, 4.69) is 39.0 Å². The van der Waals surface area contributed by atoms with E-state index in [1.807, 2.05) is 36.5 Å². The van der Waals surface area contributed by atoms with E-state index >= 15 is 0 Å². The van der Waals surface area contributed by atoms with E-state index in [0.717, 1.165) is 35.7 Å². The second-order valence-electron chi connectivity index (χ2n) is 7.50. The first kappa shape index (κ1) is 19.3. The lowest BCUT2D eigenvalue weighted by molar-refractivity contribution is 0.102. The molecule has 1 aliphatic rings. The Hall–Kier alpha value is -3.06. The molecule has 0 saturated carbocycles. The van der Waals surface area contributed by atoms with Gasteiger partial charge in [-0.2, -0.15) is 0 Å². The fourth-order valence-corrected chi connectivity index (χ4v) is 3.61. The molecule has 7 heteroatoms. The van der Waals surface area contributed by atoms with Crippen LogP contribution in [0.15, 0.2) is 48.8 Å². The number of H-pyrrole nitrogens is 1. The number of aromatic amines is 1. The summed E-state index contributed by atoms with van der Waals surface area (Å²) in [4.78, 5) is 26.7. The Morgan fingerprint density at radius 2 is 2.00 bits per heavy atom. The number of carbonyl (C=O) groups is 1. The minimum atomic E-state index is -0.144. The van der Waals surface area contributed by atoms with E-state index < -0.39 is 0 Å². The van der Waals surface area contributed by atoms with E-state index in [1.54, 1.807) is 12.3 Å². The normalized spacial score (nSPS) is 13.3. The van der Waals surface area contributed by atoms with Crippen molar-refractivity contribution in [2.75, 3.05) is 16.8 Å². The Bertz CT molecular complexity index is 1090. The molecule has 0 spiro atoms. The van der Waals surface area contributed by atoms with E-state index in [1.165, 1.54) is 5.56 Å². The van der Waals surface area contributed by atoms with Crippen molar-refractivity contribution in [3.8, 4) is 0 Å². The van der Waals surface area contributed by atoms with Crippen LogP contribution in [0.1, 0.15) is 46.9 Å². The Labute approximate surface area is 175 Å². The predicted molar refractivity (Wildman–Crippen MR) is 117 cm³/mol. The van der Waals surface area contributed by atoms with Gasteiger partial charge < -0.3 is 15.2 Å². The summed E-state index contributed by atoms with van der Waals surface area (Å²) in [5.41, 5.74) is 4.84. The quantitative estimate of drug-likeness (QED) is 0.627. The molecule has 0 atom stereocenters. The molecule has 0 bridgehead atoms. The van der Waals surface area contributed by atoms with Gasteiger partial charge in [0.1, 0.15) is 5.82 Å². The molecule has 2 aromatic heterocycles. The average molecular weight is 406 g/mol. The number of rotatable bonds is 4. The molecule has 2 N–H and O–H groups in total. The summed E-state index contributed by atoms with van der Waals surface area (Å²) in [6.07, 6.45) is 4.33. The molecule has 3 aromatic rings. The van der Waals surface area contributed by atoms with Gasteiger partial charge in [-0.05, 0) is 48.0 Å². The van der Waals surface area contributed by atoms with Crippen molar-refractivity contribution in [1.29, 1.82) is 0 Å². The smallest absolute Gasteiger partial charge is 0.255 e. The van der Waals surface area contributed by atoms with Gasteiger partial charge in [-0.3, -0.25) is 4.79 Å². The van der Waals surface area contributed by atoms with Crippen LogP contribution in [-0.4, -0.2) is 27.4 Å². The van der Waals surface area contributed by atoms with Crippen molar-refractivity contribution in [3.05, 3.63) is 75.9 Å². The molecular formula is C22H23N5OS. The number of nitrogens with one attached hydrogen (secondary N) is 2. The van der Waals surface area contributed by atoms with E-state index in [-0.39, 0.29) is 5.91 Å². The van der Waals surface area contributed by atoms with Gasteiger partial charge in [0.2, 0.25) is 0 Å². The van der Waals surface area contributed by atoms with Gasteiger partial charge >= 0.3 is 0 Å². The number of pyridine rings is 1. The average Bonchev–Trinajstić information content (AvgIpc) is 2.74. The molecule has 1 amide bonds. The zero-order valence-electron chi connectivity index (χ0n) is 16.5. The molecule has 6 nitrogen and oxygen atoms in total. The molecule has 0 fully saturated rings. The SMILES string of the molecule is CC(C)c1ccc(NC(=O)c2ccnc(N3CCc4[nH]c(=S)ncc4C3)c2)cc1. The first-order valence-corrected chi connectivity index (χ1v) is 10.1. The molecule has 148 valence electrons. The van der Waals surface area contributed by atoms with Gasteiger partial charge in [-0.15, -0.1) is 0 Å². The number of hydrogen-bond acceptors (Lipinski definition) is 5. The number of hydrogen-bond donors (Lipinski definition) is 2. The predicted octanol–water partition coefficient (Wildman–Crippen LogP) is 4.47. The van der Waals surface area contributed by atoms with Crippen LogP contribution in [0.3, 0.4) is 0 Å². The highest BCUT2D eigenvalue weighted by molar-refractivity contribution is 7.71. The molecule has 0 aliphatic carbocycles. The van der Waals surface area contributed by atoms with Crippen LogP contribution >= 0.6 is 12.2 Å². The van der Waals surface area contributed by atoms with Crippen molar-refractivity contribution in [2.24, 2.45) is 0 Å². The Balaban J connectivity index is 1.49. The zero-order valence-corrected chi connectivity index (χ0v) is 17.3. The minimum Gasteiger partial charge on any atom is -0.352 e. The molecule has 0 saturated heterocycles. The first-order chi connectivity index (χ1) is 14.0. The molecule has 3 heterocycles. The van der Waals surface area contributed by atoms with Crippen LogP contribution < -0.4 is 10.2 Å². The maximum absolute atomic E-state index is 12.7. The second-order valence-corrected chi connectivity index (χ2v) is 7.88. The van der Waals surface area contributed by atoms with Gasteiger partial charge in [-0.25, -0.2) is 9.97 Å². The fraction of sp³-hybridized carbons (Fsp3) is 0.273. The maximum atomic E-state index is 12.7. The highest BCUT2D eigenvalue weighted by Gasteiger charge is 2.19. The van der Waals surface area contributed by atoms with Crippen molar-refractivity contribution >= 4 is 29.6 Å². The van der Waals surface area contributed by atoms with Crippen molar-refractivity contribution < 1.29 is 4.79 Å². The lowest BCUT2D eigenvalue weighted by Crippen LogP contribution is -2.32. The van der Waals surface area contributed by atoms with Crippen molar-refractivity contribution in [1.82, 2.24) is 15.0 Å². The summed E-state index contributed by atoms with van der Waals surface area (Å²) >= 11 is 5.10. The standard InChI is InChI=1S/C22H23N5OS/c1-14(2)15-3-5-18(6-4-15)25-21(28)16-7-9-23-20(11-16)27-10-8-19-17(13-27)12-24-22(29)26-19/h3-7,9,11-12,14H,8,10,13H2,1-2H3,(H,25,28)(H,24,26,29). The largest absolute Gasteiger partial charge is 0.352 e. The van der Waals surface area contributed by atoms with Crippen molar-refractivity contribution in [3.63, 3.8) is 0 Å². The molecule has 0 unspecified atom stereocenters. The lowest BCUT2D eigenvalue weighted by atomic mass is 10.0. The summed E-state index contributed by atoms with van der Waals surface area (Å²) in [5, 5.41) is 2.96. The van der Waals surface area contributed by atoms with E-state index in [4.69, 9.17) is 12.2 Å². The molecule has 4 rings (SSSR count). The number of amides is 1. The molecular weight excluding hydrogens is 382 g/mol. The highest BCUT2D eigenvalue weighted by atomic mass is 32.1. The lowest BCUT2D eigenvalue weighted by Gasteiger charge is -2.29. The van der Waals surface area contributed by atoms with Crippen molar-refractivity contribution in [2.45, 2.75) is 32.7 Å². The number of benzene rings is 1. The van der Waals surface area contributed by atoms with Gasteiger partial charge in [0.25, 0.3) is 5.91 Å². The fourth-order valence-electron chi connectivity index (χ4n) is 3.43. The number of fused-ring (bicyclic) bond motifs is 1. The zero-order chi connectivity index (χ0) is 20.4. The molecule has 1 aliphatic heterocycles.